The molecule has 10 heteroatoms. The van der Waals surface area contributed by atoms with Gasteiger partial charge in [-0.1, -0.05) is 6.07 Å². The minimum absolute atomic E-state index is 0.122. The summed E-state index contributed by atoms with van der Waals surface area (Å²) in [6.07, 6.45) is -0.166. The lowest BCUT2D eigenvalue weighted by molar-refractivity contribution is -0.137. The SMILES string of the molecule is CSCCC1NC2(CCN(C(=S)Nc3cccc(C(F)(F)F)c3)CC2)N(C)C1=O. The van der Waals surface area contributed by atoms with Gasteiger partial charge in [0, 0.05) is 38.7 Å². The molecule has 1 spiro atoms. The first-order valence-electron chi connectivity index (χ1n) is 9.44. The summed E-state index contributed by atoms with van der Waals surface area (Å²) in [5.41, 5.74) is -0.773. The van der Waals surface area contributed by atoms with Crippen LogP contribution in [0.25, 0.3) is 0 Å². The molecule has 0 aliphatic carbocycles. The lowest BCUT2D eigenvalue weighted by Crippen LogP contribution is -2.58. The van der Waals surface area contributed by atoms with Gasteiger partial charge in [0.2, 0.25) is 5.91 Å². The zero-order valence-corrected chi connectivity index (χ0v) is 18.0. The first kappa shape index (κ1) is 22.2. The number of likely N-dealkylation sites (N-methyl/N-ethyl adjacent to an activating group) is 1. The van der Waals surface area contributed by atoms with E-state index in [9.17, 15) is 18.0 Å². The summed E-state index contributed by atoms with van der Waals surface area (Å²) < 4.78 is 38.7. The Morgan fingerprint density at radius 1 is 1.38 bits per heavy atom. The third kappa shape index (κ3) is 4.80. The van der Waals surface area contributed by atoms with Crippen LogP contribution >= 0.6 is 24.0 Å². The number of alkyl halides is 3. The van der Waals surface area contributed by atoms with Crippen molar-refractivity contribution in [1.29, 1.82) is 0 Å². The van der Waals surface area contributed by atoms with Crippen LogP contribution in [0.4, 0.5) is 18.9 Å². The molecule has 1 aromatic carbocycles. The van der Waals surface area contributed by atoms with Gasteiger partial charge in [0.15, 0.2) is 5.11 Å². The summed E-state index contributed by atoms with van der Waals surface area (Å²) in [7, 11) is 1.84. The Bertz CT molecular complexity index is 766. The molecule has 1 aromatic rings. The normalized spacial score (nSPS) is 21.7. The third-order valence-electron chi connectivity index (χ3n) is 5.64. The van der Waals surface area contributed by atoms with Gasteiger partial charge in [0.1, 0.15) is 0 Å². The molecule has 0 saturated carbocycles. The molecule has 2 heterocycles. The van der Waals surface area contributed by atoms with Gasteiger partial charge >= 0.3 is 6.18 Å². The smallest absolute Gasteiger partial charge is 0.349 e. The van der Waals surface area contributed by atoms with Crippen LogP contribution < -0.4 is 10.6 Å². The Kier molecular flexibility index (Phi) is 6.64. The Morgan fingerprint density at radius 3 is 2.69 bits per heavy atom. The largest absolute Gasteiger partial charge is 0.416 e. The molecule has 1 unspecified atom stereocenters. The van der Waals surface area contributed by atoms with Gasteiger partial charge in [-0.3, -0.25) is 10.1 Å². The zero-order valence-electron chi connectivity index (χ0n) is 16.4. The van der Waals surface area contributed by atoms with E-state index in [0.29, 0.717) is 36.7 Å². The van der Waals surface area contributed by atoms with Gasteiger partial charge in [0.25, 0.3) is 0 Å². The minimum Gasteiger partial charge on any atom is -0.349 e. The van der Waals surface area contributed by atoms with E-state index in [1.807, 2.05) is 23.1 Å². The lowest BCUT2D eigenvalue weighted by atomic mass is 9.96. The standard InChI is InChI=1S/C19H25F3N4OS2/c1-25-16(27)15(6-11-29-2)24-18(25)7-9-26(10-8-18)17(28)23-14-5-3-4-13(12-14)19(20,21)22/h3-5,12,15,24H,6-11H2,1-2H3,(H,23,28). The number of nitrogens with one attached hydrogen (secondary N) is 2. The van der Waals surface area contributed by atoms with Crippen LogP contribution in [0.3, 0.4) is 0 Å². The number of carbonyl (C=O) groups excluding carboxylic acids is 1. The summed E-state index contributed by atoms with van der Waals surface area (Å²) in [5, 5.41) is 6.83. The van der Waals surface area contributed by atoms with Gasteiger partial charge in [-0.25, -0.2) is 0 Å². The fourth-order valence-corrected chi connectivity index (χ4v) is 4.67. The van der Waals surface area contributed by atoms with Crippen LogP contribution in [0.1, 0.15) is 24.8 Å². The number of thiocarbonyl (C=S) groups is 1. The van der Waals surface area contributed by atoms with E-state index < -0.39 is 11.7 Å². The van der Waals surface area contributed by atoms with E-state index in [0.717, 1.165) is 24.3 Å². The van der Waals surface area contributed by atoms with Gasteiger partial charge < -0.3 is 15.1 Å². The van der Waals surface area contributed by atoms with Crippen molar-refractivity contribution in [2.24, 2.45) is 0 Å². The number of piperidine rings is 1. The van der Waals surface area contributed by atoms with Crippen molar-refractivity contribution in [3.63, 3.8) is 0 Å². The highest BCUT2D eigenvalue weighted by atomic mass is 32.2. The van der Waals surface area contributed by atoms with E-state index in [1.54, 1.807) is 17.8 Å². The highest BCUT2D eigenvalue weighted by molar-refractivity contribution is 7.98. The Balaban J connectivity index is 1.59. The van der Waals surface area contributed by atoms with Crippen molar-refractivity contribution in [2.45, 2.75) is 37.1 Å². The average molecular weight is 447 g/mol. The summed E-state index contributed by atoms with van der Waals surface area (Å²) in [5.74, 6) is 1.04. The van der Waals surface area contributed by atoms with Crippen molar-refractivity contribution in [1.82, 2.24) is 15.1 Å². The summed E-state index contributed by atoms with van der Waals surface area (Å²) in [6, 6.07) is 4.85. The van der Waals surface area contributed by atoms with E-state index >= 15 is 0 Å². The number of likely N-dealkylation sites (tertiary alicyclic amines) is 1. The topological polar surface area (TPSA) is 47.6 Å². The number of amides is 1. The highest BCUT2D eigenvalue weighted by Crippen LogP contribution is 2.33. The number of hydrogen-bond acceptors (Lipinski definition) is 4. The van der Waals surface area contributed by atoms with Crippen LogP contribution in [-0.4, -0.2) is 64.7 Å². The predicted octanol–water partition coefficient (Wildman–Crippen LogP) is 3.38. The highest BCUT2D eigenvalue weighted by Gasteiger charge is 2.49. The molecule has 1 amide bonds. The van der Waals surface area contributed by atoms with E-state index in [1.165, 1.54) is 6.07 Å². The van der Waals surface area contributed by atoms with E-state index in [-0.39, 0.29) is 17.6 Å². The molecule has 0 radical (unpaired) electrons. The molecule has 0 aromatic heterocycles. The molecule has 29 heavy (non-hydrogen) atoms. The van der Waals surface area contributed by atoms with Crippen molar-refractivity contribution in [2.75, 3.05) is 37.5 Å². The zero-order chi connectivity index (χ0) is 21.2. The van der Waals surface area contributed by atoms with E-state index in [4.69, 9.17) is 12.2 Å². The Morgan fingerprint density at radius 2 is 2.07 bits per heavy atom. The van der Waals surface area contributed by atoms with E-state index in [2.05, 4.69) is 10.6 Å². The fraction of sp³-hybridized carbons (Fsp3) is 0.579. The molecule has 5 nitrogen and oxygen atoms in total. The molecule has 2 saturated heterocycles. The molecule has 2 aliphatic rings. The maximum absolute atomic E-state index is 12.9. The number of thioether (sulfide) groups is 1. The number of halogens is 3. The molecular weight excluding hydrogens is 421 g/mol. The van der Waals surface area contributed by atoms with Gasteiger partial charge in [-0.05, 0) is 48.8 Å². The summed E-state index contributed by atoms with van der Waals surface area (Å²) in [6.45, 7) is 1.23. The summed E-state index contributed by atoms with van der Waals surface area (Å²) in [4.78, 5) is 16.3. The van der Waals surface area contributed by atoms with Gasteiger partial charge in [-0.15, -0.1) is 0 Å². The second kappa shape index (κ2) is 8.69. The average Bonchev–Trinajstić information content (AvgIpc) is 2.91. The number of nitrogens with zero attached hydrogens (tertiary/aromatic N) is 2. The fourth-order valence-electron chi connectivity index (χ4n) is 3.89. The number of hydrogen-bond donors (Lipinski definition) is 2. The minimum atomic E-state index is -4.39. The molecule has 2 aliphatic heterocycles. The van der Waals surface area contributed by atoms with Crippen LogP contribution in [0, 0.1) is 0 Å². The maximum Gasteiger partial charge on any atom is 0.416 e. The molecule has 0 bridgehead atoms. The number of rotatable bonds is 4. The molecule has 2 fully saturated rings. The van der Waals surface area contributed by atoms with Crippen LogP contribution in [0.5, 0.6) is 0 Å². The van der Waals surface area contributed by atoms with Gasteiger partial charge in [0.05, 0.1) is 17.3 Å². The molecule has 1 atom stereocenters. The quantitative estimate of drug-likeness (QED) is 0.692. The molecule has 3 rings (SSSR count). The van der Waals surface area contributed by atoms with Gasteiger partial charge in [-0.2, -0.15) is 24.9 Å². The number of anilines is 1. The monoisotopic (exact) mass is 446 g/mol. The predicted molar refractivity (Wildman–Crippen MR) is 114 cm³/mol. The first-order valence-corrected chi connectivity index (χ1v) is 11.2. The van der Waals surface area contributed by atoms with Crippen LogP contribution in [-0.2, 0) is 11.0 Å². The second-order valence-electron chi connectivity index (χ2n) is 7.40. The summed E-state index contributed by atoms with van der Waals surface area (Å²) >= 11 is 7.14. The maximum atomic E-state index is 12.9. The first-order chi connectivity index (χ1) is 13.7. The number of carbonyl (C=O) groups is 1. The van der Waals surface area contributed by atoms with Crippen molar-refractivity contribution >= 4 is 40.7 Å². The van der Waals surface area contributed by atoms with Crippen molar-refractivity contribution < 1.29 is 18.0 Å². The Labute approximate surface area is 178 Å². The van der Waals surface area contributed by atoms with Crippen molar-refractivity contribution in [3.8, 4) is 0 Å². The third-order valence-corrected chi connectivity index (χ3v) is 6.65. The van der Waals surface area contributed by atoms with Crippen LogP contribution in [0.15, 0.2) is 24.3 Å². The van der Waals surface area contributed by atoms with Crippen LogP contribution in [0.2, 0.25) is 0 Å². The molecular formula is C19H25F3N4OS2. The lowest BCUT2D eigenvalue weighted by Gasteiger charge is -2.44. The number of benzene rings is 1. The van der Waals surface area contributed by atoms with Crippen molar-refractivity contribution in [3.05, 3.63) is 29.8 Å². The molecule has 160 valence electrons. The second-order valence-corrected chi connectivity index (χ2v) is 8.78. The molecule has 2 N–H and O–H groups in total. The Hall–Kier alpha value is -1.52.